The molecule has 0 aromatic carbocycles. The molecule has 0 aliphatic heterocycles. The molecular formula is C18H37NO3. The summed E-state index contributed by atoms with van der Waals surface area (Å²) in [5.74, 6) is -0.0424. The monoisotopic (exact) mass is 315 g/mol. The number of hydrogen-bond acceptors (Lipinski definition) is 4. The zero-order valence-electron chi connectivity index (χ0n) is 14.6. The molecule has 4 heteroatoms. The van der Waals surface area contributed by atoms with Crippen molar-refractivity contribution in [3.8, 4) is 0 Å². The third-order valence-corrected chi connectivity index (χ3v) is 3.76. The first-order valence-electron chi connectivity index (χ1n) is 9.28. The third kappa shape index (κ3) is 17.4. The second kappa shape index (κ2) is 18.4. The van der Waals surface area contributed by atoms with Gasteiger partial charge in [0.1, 0.15) is 0 Å². The van der Waals surface area contributed by atoms with E-state index in [1.165, 1.54) is 38.5 Å². The second-order valence-corrected chi connectivity index (χ2v) is 5.98. The van der Waals surface area contributed by atoms with Crippen molar-refractivity contribution in [2.75, 3.05) is 26.3 Å². The van der Waals surface area contributed by atoms with E-state index in [2.05, 4.69) is 12.2 Å². The van der Waals surface area contributed by atoms with Crippen molar-refractivity contribution in [3.63, 3.8) is 0 Å². The number of aliphatic hydroxyl groups is 1. The molecule has 0 unspecified atom stereocenters. The van der Waals surface area contributed by atoms with E-state index in [1.807, 2.05) is 0 Å². The van der Waals surface area contributed by atoms with Crippen LogP contribution < -0.4 is 5.32 Å². The van der Waals surface area contributed by atoms with Crippen LogP contribution in [0.25, 0.3) is 0 Å². The standard InChI is InChI=1S/C18H37NO3/c1-2-3-4-5-6-7-11-17-22-18(21)13-9-8-10-14-19-15-12-16-20/h19-20H,2-17H2,1H3. The molecule has 0 aliphatic rings. The van der Waals surface area contributed by atoms with Gasteiger partial charge in [-0.2, -0.15) is 0 Å². The van der Waals surface area contributed by atoms with Gasteiger partial charge in [0.05, 0.1) is 6.61 Å². The Hall–Kier alpha value is -0.610. The molecule has 22 heavy (non-hydrogen) atoms. The molecule has 132 valence electrons. The largest absolute Gasteiger partial charge is 0.466 e. The van der Waals surface area contributed by atoms with Crippen LogP contribution in [0.3, 0.4) is 0 Å². The van der Waals surface area contributed by atoms with Crippen molar-refractivity contribution < 1.29 is 14.6 Å². The fourth-order valence-corrected chi connectivity index (χ4v) is 2.34. The molecule has 0 aliphatic carbocycles. The van der Waals surface area contributed by atoms with Crippen LogP contribution in [0.5, 0.6) is 0 Å². The molecule has 0 amide bonds. The summed E-state index contributed by atoms with van der Waals surface area (Å²) >= 11 is 0. The maximum Gasteiger partial charge on any atom is 0.305 e. The van der Waals surface area contributed by atoms with Crippen LogP contribution >= 0.6 is 0 Å². The highest BCUT2D eigenvalue weighted by Crippen LogP contribution is 2.07. The van der Waals surface area contributed by atoms with Crippen LogP contribution in [0.2, 0.25) is 0 Å². The Morgan fingerprint density at radius 2 is 1.50 bits per heavy atom. The molecule has 0 aromatic rings. The number of carbonyl (C=O) groups is 1. The van der Waals surface area contributed by atoms with Crippen LogP contribution in [-0.4, -0.2) is 37.4 Å². The quantitative estimate of drug-likeness (QED) is 0.316. The Labute approximate surface area is 137 Å². The summed E-state index contributed by atoms with van der Waals surface area (Å²) < 4.78 is 5.25. The predicted octanol–water partition coefficient (Wildman–Crippen LogP) is 3.81. The van der Waals surface area contributed by atoms with Crippen LogP contribution in [0, 0.1) is 0 Å². The van der Waals surface area contributed by atoms with Crippen LogP contribution in [0.1, 0.15) is 84.0 Å². The lowest BCUT2D eigenvalue weighted by Gasteiger charge is -2.06. The molecule has 0 bridgehead atoms. The topological polar surface area (TPSA) is 58.6 Å². The summed E-state index contributed by atoms with van der Waals surface area (Å²) in [4.78, 5) is 11.5. The Bertz CT molecular complexity index is 212. The number of hydrogen-bond donors (Lipinski definition) is 2. The summed E-state index contributed by atoms with van der Waals surface area (Å²) in [7, 11) is 0. The number of ether oxygens (including phenoxy) is 1. The highest BCUT2D eigenvalue weighted by molar-refractivity contribution is 5.69. The average Bonchev–Trinajstić information content (AvgIpc) is 2.52. The van der Waals surface area contributed by atoms with Gasteiger partial charge in [-0.25, -0.2) is 0 Å². The minimum atomic E-state index is -0.0424. The van der Waals surface area contributed by atoms with E-state index < -0.39 is 0 Å². The fraction of sp³-hybridized carbons (Fsp3) is 0.944. The molecule has 4 nitrogen and oxygen atoms in total. The summed E-state index contributed by atoms with van der Waals surface area (Å²) in [6.45, 7) is 4.91. The lowest BCUT2D eigenvalue weighted by Crippen LogP contribution is -2.17. The van der Waals surface area contributed by atoms with Gasteiger partial charge in [0, 0.05) is 13.0 Å². The number of unbranched alkanes of at least 4 members (excludes halogenated alkanes) is 8. The summed E-state index contributed by atoms with van der Waals surface area (Å²) in [5.41, 5.74) is 0. The van der Waals surface area contributed by atoms with Crippen molar-refractivity contribution in [1.82, 2.24) is 5.32 Å². The molecule has 0 rings (SSSR count). The zero-order chi connectivity index (χ0) is 16.3. The number of rotatable bonds is 17. The Balaban J connectivity index is 3.13. The van der Waals surface area contributed by atoms with Crippen molar-refractivity contribution in [2.45, 2.75) is 84.0 Å². The van der Waals surface area contributed by atoms with Crippen molar-refractivity contribution in [1.29, 1.82) is 0 Å². The molecule has 0 spiro atoms. The smallest absolute Gasteiger partial charge is 0.305 e. The number of nitrogens with one attached hydrogen (secondary N) is 1. The van der Waals surface area contributed by atoms with Gasteiger partial charge in [0.2, 0.25) is 0 Å². The molecule has 0 saturated heterocycles. The van der Waals surface area contributed by atoms with E-state index in [0.717, 1.165) is 45.2 Å². The third-order valence-electron chi connectivity index (χ3n) is 3.76. The Morgan fingerprint density at radius 3 is 2.23 bits per heavy atom. The van der Waals surface area contributed by atoms with Gasteiger partial charge in [-0.3, -0.25) is 4.79 Å². The molecule has 0 saturated carbocycles. The first-order chi connectivity index (χ1) is 10.8. The van der Waals surface area contributed by atoms with Crippen molar-refractivity contribution in [2.24, 2.45) is 0 Å². The van der Waals surface area contributed by atoms with Gasteiger partial charge in [-0.15, -0.1) is 0 Å². The van der Waals surface area contributed by atoms with E-state index in [-0.39, 0.29) is 12.6 Å². The van der Waals surface area contributed by atoms with Gasteiger partial charge in [0.15, 0.2) is 0 Å². The van der Waals surface area contributed by atoms with Gasteiger partial charge in [-0.1, -0.05) is 51.9 Å². The van der Waals surface area contributed by atoms with Gasteiger partial charge >= 0.3 is 5.97 Å². The SMILES string of the molecule is CCCCCCCCCOC(=O)CCCCCNCCCO. The van der Waals surface area contributed by atoms with Crippen LogP contribution in [0.4, 0.5) is 0 Å². The molecule has 0 fully saturated rings. The molecule has 0 aromatic heterocycles. The highest BCUT2D eigenvalue weighted by atomic mass is 16.5. The zero-order valence-corrected chi connectivity index (χ0v) is 14.6. The van der Waals surface area contributed by atoms with Crippen molar-refractivity contribution >= 4 is 5.97 Å². The molecule has 2 N–H and O–H groups in total. The van der Waals surface area contributed by atoms with Crippen LogP contribution in [-0.2, 0) is 9.53 Å². The lowest BCUT2D eigenvalue weighted by molar-refractivity contribution is -0.143. The molecule has 0 heterocycles. The minimum absolute atomic E-state index is 0.0424. The van der Waals surface area contributed by atoms with E-state index in [0.29, 0.717) is 13.0 Å². The van der Waals surface area contributed by atoms with Gasteiger partial charge in [0.25, 0.3) is 0 Å². The average molecular weight is 315 g/mol. The fourth-order valence-electron chi connectivity index (χ4n) is 2.34. The van der Waals surface area contributed by atoms with Gasteiger partial charge in [-0.05, 0) is 38.8 Å². The normalized spacial score (nSPS) is 10.8. The lowest BCUT2D eigenvalue weighted by atomic mass is 10.1. The number of aliphatic hydroxyl groups excluding tert-OH is 1. The Kier molecular flexibility index (Phi) is 17.9. The molecule has 0 radical (unpaired) electrons. The molecular weight excluding hydrogens is 278 g/mol. The number of carbonyl (C=O) groups excluding carboxylic acids is 1. The Morgan fingerprint density at radius 1 is 0.864 bits per heavy atom. The van der Waals surface area contributed by atoms with E-state index >= 15 is 0 Å². The van der Waals surface area contributed by atoms with E-state index in [1.54, 1.807) is 0 Å². The maximum atomic E-state index is 11.5. The molecule has 0 atom stereocenters. The summed E-state index contributed by atoms with van der Waals surface area (Å²) in [6, 6.07) is 0. The van der Waals surface area contributed by atoms with E-state index in [4.69, 9.17) is 9.84 Å². The number of esters is 1. The maximum absolute atomic E-state index is 11.5. The second-order valence-electron chi connectivity index (χ2n) is 5.98. The van der Waals surface area contributed by atoms with E-state index in [9.17, 15) is 4.79 Å². The first kappa shape index (κ1) is 21.4. The predicted molar refractivity (Wildman–Crippen MR) is 92.0 cm³/mol. The highest BCUT2D eigenvalue weighted by Gasteiger charge is 2.02. The first-order valence-corrected chi connectivity index (χ1v) is 9.28. The summed E-state index contributed by atoms with van der Waals surface area (Å²) in [6.07, 6.45) is 13.1. The van der Waals surface area contributed by atoms with Crippen molar-refractivity contribution in [3.05, 3.63) is 0 Å². The minimum Gasteiger partial charge on any atom is -0.466 e. The van der Waals surface area contributed by atoms with Crippen LogP contribution in [0.15, 0.2) is 0 Å². The van der Waals surface area contributed by atoms with Gasteiger partial charge < -0.3 is 15.2 Å². The summed E-state index contributed by atoms with van der Waals surface area (Å²) in [5, 5.41) is 11.9.